The summed E-state index contributed by atoms with van der Waals surface area (Å²) in [6.07, 6.45) is 3.62. The van der Waals surface area contributed by atoms with Gasteiger partial charge in [-0.3, -0.25) is 9.97 Å². The average Bonchev–Trinajstić information content (AvgIpc) is 3.09. The molecule has 5 aromatic rings. The number of hydrogen-bond donors (Lipinski definition) is 1. The molecule has 0 atom stereocenters. The minimum Gasteiger partial charge on any atom is -0.337 e. The number of H-pyrrole nitrogens is 1. The summed E-state index contributed by atoms with van der Waals surface area (Å²) in [5.74, 6) is 0.887. The van der Waals surface area contributed by atoms with E-state index in [4.69, 9.17) is 4.98 Å². The van der Waals surface area contributed by atoms with Crippen LogP contribution in [0, 0.1) is 13.8 Å². The van der Waals surface area contributed by atoms with E-state index in [2.05, 4.69) is 59.1 Å². The van der Waals surface area contributed by atoms with Crippen LogP contribution in [-0.4, -0.2) is 19.9 Å². The maximum absolute atomic E-state index is 4.94. The van der Waals surface area contributed by atoms with E-state index in [0.717, 1.165) is 44.2 Å². The second kappa shape index (κ2) is 5.11. The summed E-state index contributed by atoms with van der Waals surface area (Å²) in [7, 11) is 0. The molecule has 5 rings (SSSR count). The highest BCUT2D eigenvalue weighted by atomic mass is 14.9. The highest BCUT2D eigenvalue weighted by molar-refractivity contribution is 6.21. The standard InChI is InChI=1S/C21H16N4/c1-12-7-8-13(2)16(11-12)21-24-19-14-5-3-9-22-17(14)18-15(20(19)25-21)6-4-10-23-18/h3-11H,1-2H3,(H,24,25). The molecule has 0 saturated heterocycles. The quantitative estimate of drug-likeness (QED) is 0.444. The van der Waals surface area contributed by atoms with Gasteiger partial charge in [0.2, 0.25) is 0 Å². The molecule has 4 nitrogen and oxygen atoms in total. The van der Waals surface area contributed by atoms with Gasteiger partial charge in [-0.15, -0.1) is 0 Å². The first kappa shape index (κ1) is 14.1. The van der Waals surface area contributed by atoms with Gasteiger partial charge in [-0.05, 0) is 49.7 Å². The van der Waals surface area contributed by atoms with Crippen molar-refractivity contribution in [1.82, 2.24) is 19.9 Å². The Hall–Kier alpha value is -3.27. The van der Waals surface area contributed by atoms with Crippen LogP contribution >= 0.6 is 0 Å². The van der Waals surface area contributed by atoms with Crippen molar-refractivity contribution >= 4 is 32.8 Å². The molecule has 3 heterocycles. The van der Waals surface area contributed by atoms with E-state index >= 15 is 0 Å². The van der Waals surface area contributed by atoms with Crippen LogP contribution in [-0.2, 0) is 0 Å². The number of rotatable bonds is 1. The number of pyridine rings is 2. The van der Waals surface area contributed by atoms with Gasteiger partial charge in [0.05, 0.1) is 22.1 Å². The van der Waals surface area contributed by atoms with E-state index in [1.807, 2.05) is 18.3 Å². The largest absolute Gasteiger partial charge is 0.337 e. The normalized spacial score (nSPS) is 11.6. The Morgan fingerprint density at radius 2 is 1.52 bits per heavy atom. The van der Waals surface area contributed by atoms with Crippen molar-refractivity contribution in [1.29, 1.82) is 0 Å². The molecule has 25 heavy (non-hydrogen) atoms. The van der Waals surface area contributed by atoms with Crippen LogP contribution in [0.5, 0.6) is 0 Å². The summed E-state index contributed by atoms with van der Waals surface area (Å²) in [4.78, 5) is 17.6. The van der Waals surface area contributed by atoms with Gasteiger partial charge in [0, 0.05) is 28.7 Å². The minimum absolute atomic E-state index is 0.887. The predicted molar refractivity (Wildman–Crippen MR) is 102 cm³/mol. The van der Waals surface area contributed by atoms with Crippen molar-refractivity contribution in [2.75, 3.05) is 0 Å². The number of fused-ring (bicyclic) bond motifs is 6. The zero-order valence-corrected chi connectivity index (χ0v) is 14.0. The average molecular weight is 324 g/mol. The maximum atomic E-state index is 4.94. The van der Waals surface area contributed by atoms with Gasteiger partial charge < -0.3 is 4.98 Å². The lowest BCUT2D eigenvalue weighted by atomic mass is 10.1. The molecule has 0 saturated carbocycles. The summed E-state index contributed by atoms with van der Waals surface area (Å²) in [6, 6.07) is 14.5. The monoisotopic (exact) mass is 324 g/mol. The number of aryl methyl sites for hydroxylation is 2. The summed E-state index contributed by atoms with van der Waals surface area (Å²) in [6.45, 7) is 4.21. The summed E-state index contributed by atoms with van der Waals surface area (Å²) >= 11 is 0. The molecule has 0 spiro atoms. The molecular formula is C21H16N4. The second-order valence-electron chi connectivity index (χ2n) is 6.43. The lowest BCUT2D eigenvalue weighted by Gasteiger charge is -2.03. The predicted octanol–water partition coefficient (Wildman–Crippen LogP) is 4.94. The Bertz CT molecular complexity index is 1190. The van der Waals surface area contributed by atoms with E-state index in [-0.39, 0.29) is 0 Å². The van der Waals surface area contributed by atoms with Gasteiger partial charge in [0.25, 0.3) is 0 Å². The Kier molecular flexibility index (Phi) is 2.88. The van der Waals surface area contributed by atoms with Crippen molar-refractivity contribution in [2.24, 2.45) is 0 Å². The van der Waals surface area contributed by atoms with Crippen LogP contribution in [0.1, 0.15) is 11.1 Å². The lowest BCUT2D eigenvalue weighted by molar-refractivity contribution is 1.29. The molecule has 0 aliphatic rings. The first-order valence-electron chi connectivity index (χ1n) is 8.31. The second-order valence-corrected chi connectivity index (χ2v) is 6.43. The van der Waals surface area contributed by atoms with E-state index in [9.17, 15) is 0 Å². The molecule has 0 bridgehead atoms. The number of benzene rings is 2. The molecule has 1 N–H and O–H groups in total. The van der Waals surface area contributed by atoms with Crippen LogP contribution in [0.25, 0.3) is 44.2 Å². The van der Waals surface area contributed by atoms with E-state index < -0.39 is 0 Å². The van der Waals surface area contributed by atoms with Gasteiger partial charge in [0.15, 0.2) is 0 Å². The van der Waals surface area contributed by atoms with E-state index in [1.165, 1.54) is 11.1 Å². The third-order valence-electron chi connectivity index (χ3n) is 4.72. The molecule has 3 aromatic heterocycles. The highest BCUT2D eigenvalue weighted by Gasteiger charge is 2.15. The van der Waals surface area contributed by atoms with Crippen LogP contribution in [0.2, 0.25) is 0 Å². The highest BCUT2D eigenvalue weighted by Crippen LogP contribution is 2.33. The first-order chi connectivity index (χ1) is 12.2. The molecule has 0 radical (unpaired) electrons. The van der Waals surface area contributed by atoms with Gasteiger partial charge in [-0.2, -0.15) is 0 Å². The van der Waals surface area contributed by atoms with Crippen molar-refractivity contribution in [3.63, 3.8) is 0 Å². The molecule has 2 aromatic carbocycles. The lowest BCUT2D eigenvalue weighted by Crippen LogP contribution is -1.86. The number of imidazole rings is 1. The fourth-order valence-corrected chi connectivity index (χ4v) is 3.46. The number of aromatic amines is 1. The van der Waals surface area contributed by atoms with E-state index in [1.54, 1.807) is 6.20 Å². The van der Waals surface area contributed by atoms with Gasteiger partial charge in [0.1, 0.15) is 5.82 Å². The molecule has 0 aliphatic heterocycles. The van der Waals surface area contributed by atoms with Gasteiger partial charge in [-0.25, -0.2) is 4.98 Å². The van der Waals surface area contributed by atoms with Crippen molar-refractivity contribution in [3.05, 3.63) is 66.0 Å². The topological polar surface area (TPSA) is 54.5 Å². The number of nitrogens with one attached hydrogen (secondary N) is 1. The van der Waals surface area contributed by atoms with Crippen molar-refractivity contribution in [2.45, 2.75) is 13.8 Å². The smallest absolute Gasteiger partial charge is 0.138 e. The Labute approximate surface area is 144 Å². The summed E-state index contributed by atoms with van der Waals surface area (Å²) in [5.41, 5.74) is 7.31. The maximum Gasteiger partial charge on any atom is 0.138 e. The van der Waals surface area contributed by atoms with Crippen LogP contribution in [0.3, 0.4) is 0 Å². The molecular weight excluding hydrogens is 308 g/mol. The van der Waals surface area contributed by atoms with Crippen LogP contribution in [0.15, 0.2) is 54.9 Å². The zero-order valence-electron chi connectivity index (χ0n) is 14.0. The van der Waals surface area contributed by atoms with Gasteiger partial charge >= 0.3 is 0 Å². The third kappa shape index (κ3) is 2.04. The number of nitrogens with zero attached hydrogens (tertiary/aromatic N) is 3. The summed E-state index contributed by atoms with van der Waals surface area (Å²) in [5, 5.41) is 2.07. The fraction of sp³-hybridized carbons (Fsp3) is 0.0952. The molecule has 0 fully saturated rings. The third-order valence-corrected chi connectivity index (χ3v) is 4.72. The first-order valence-corrected chi connectivity index (χ1v) is 8.31. The van der Waals surface area contributed by atoms with E-state index in [0.29, 0.717) is 0 Å². The van der Waals surface area contributed by atoms with Crippen LogP contribution in [0.4, 0.5) is 0 Å². The molecule has 0 amide bonds. The number of hydrogen-bond acceptors (Lipinski definition) is 3. The molecule has 120 valence electrons. The Balaban J connectivity index is 1.96. The summed E-state index contributed by atoms with van der Waals surface area (Å²) < 4.78 is 0. The van der Waals surface area contributed by atoms with Crippen molar-refractivity contribution in [3.8, 4) is 11.4 Å². The van der Waals surface area contributed by atoms with Crippen LogP contribution < -0.4 is 0 Å². The Morgan fingerprint density at radius 1 is 0.800 bits per heavy atom. The fourth-order valence-electron chi connectivity index (χ4n) is 3.46. The SMILES string of the molecule is Cc1ccc(C)c(-c2nc3c4cccnc4c4ncccc4c3[nH]2)c1. The minimum atomic E-state index is 0.887. The molecule has 0 aliphatic carbocycles. The molecule has 0 unspecified atom stereocenters. The Morgan fingerprint density at radius 3 is 2.32 bits per heavy atom. The van der Waals surface area contributed by atoms with Crippen molar-refractivity contribution < 1.29 is 0 Å². The van der Waals surface area contributed by atoms with Gasteiger partial charge in [-0.1, -0.05) is 17.7 Å². The number of aromatic nitrogens is 4. The zero-order chi connectivity index (χ0) is 17.0. The molecule has 4 heteroatoms.